The summed E-state index contributed by atoms with van der Waals surface area (Å²) in [5, 5.41) is 3.18. The Morgan fingerprint density at radius 1 is 1.27 bits per heavy atom. The predicted octanol–water partition coefficient (Wildman–Crippen LogP) is 2.06. The lowest BCUT2D eigenvalue weighted by Crippen LogP contribution is -2.53. The normalized spacial score (nSPS) is 23.4. The molecule has 2 unspecified atom stereocenters. The van der Waals surface area contributed by atoms with Gasteiger partial charge in [-0.25, -0.2) is 0 Å². The van der Waals surface area contributed by atoms with E-state index in [1.807, 2.05) is 20.8 Å². The zero-order valence-corrected chi connectivity index (χ0v) is 14.9. The highest BCUT2D eigenvalue weighted by Gasteiger charge is 2.32. The van der Waals surface area contributed by atoms with Crippen molar-refractivity contribution in [1.29, 1.82) is 0 Å². The van der Waals surface area contributed by atoms with Gasteiger partial charge in [-0.3, -0.25) is 9.59 Å². The zero-order valence-electron chi connectivity index (χ0n) is 14.9. The van der Waals surface area contributed by atoms with Gasteiger partial charge in [-0.05, 0) is 18.3 Å². The molecule has 1 aliphatic rings. The molecule has 0 radical (unpaired) electrons. The van der Waals surface area contributed by atoms with Gasteiger partial charge in [0.2, 0.25) is 5.91 Å². The first kappa shape index (κ1) is 18.9. The fourth-order valence-corrected chi connectivity index (χ4v) is 2.76. The molecule has 22 heavy (non-hydrogen) atoms. The number of hydrogen-bond donors (Lipinski definition) is 1. The first-order valence-corrected chi connectivity index (χ1v) is 8.23. The van der Waals surface area contributed by atoms with E-state index in [1.165, 1.54) is 7.11 Å². The topological polar surface area (TPSA) is 58.6 Å². The Morgan fingerprint density at radius 3 is 2.41 bits per heavy atom. The van der Waals surface area contributed by atoms with Crippen molar-refractivity contribution >= 4 is 11.9 Å². The monoisotopic (exact) mass is 312 g/mol. The number of nitrogens with one attached hydrogen (secondary N) is 1. The van der Waals surface area contributed by atoms with E-state index in [2.05, 4.69) is 24.1 Å². The minimum Gasteiger partial charge on any atom is -0.469 e. The number of carbonyl (C=O) groups is 2. The average Bonchev–Trinajstić information content (AvgIpc) is 2.43. The summed E-state index contributed by atoms with van der Waals surface area (Å²) in [5.74, 6) is 1.02. The number of ether oxygens (including phenoxy) is 1. The quantitative estimate of drug-likeness (QED) is 0.790. The summed E-state index contributed by atoms with van der Waals surface area (Å²) in [7, 11) is 1.42. The number of nitrogens with zero attached hydrogens (tertiary/aromatic N) is 1. The molecule has 128 valence electrons. The zero-order chi connectivity index (χ0) is 16.9. The molecule has 1 N–H and O–H groups in total. The highest BCUT2D eigenvalue weighted by Crippen LogP contribution is 2.25. The SMILES string of the molecule is COC(=O)CCN1CC(NC(=O)C(C)(C)C)CC(C(C)C)C1. The molecule has 2 atom stereocenters. The summed E-state index contributed by atoms with van der Waals surface area (Å²) in [5.41, 5.74) is -0.373. The Morgan fingerprint density at radius 2 is 1.91 bits per heavy atom. The van der Waals surface area contributed by atoms with Crippen molar-refractivity contribution in [2.75, 3.05) is 26.7 Å². The lowest BCUT2D eigenvalue weighted by atomic mass is 9.84. The third kappa shape index (κ3) is 5.95. The van der Waals surface area contributed by atoms with E-state index in [0.29, 0.717) is 24.8 Å². The summed E-state index contributed by atoms with van der Waals surface area (Å²) < 4.78 is 4.72. The van der Waals surface area contributed by atoms with E-state index in [1.54, 1.807) is 0 Å². The average molecular weight is 312 g/mol. The Labute approximate surface area is 134 Å². The van der Waals surface area contributed by atoms with Gasteiger partial charge in [-0.2, -0.15) is 0 Å². The van der Waals surface area contributed by atoms with Crippen LogP contribution < -0.4 is 5.32 Å². The Hall–Kier alpha value is -1.10. The molecule has 0 aromatic carbocycles. The molecule has 5 heteroatoms. The van der Waals surface area contributed by atoms with Crippen molar-refractivity contribution < 1.29 is 14.3 Å². The van der Waals surface area contributed by atoms with E-state index in [0.717, 1.165) is 19.5 Å². The third-order valence-corrected chi connectivity index (χ3v) is 4.38. The van der Waals surface area contributed by atoms with Crippen molar-refractivity contribution in [3.63, 3.8) is 0 Å². The first-order chi connectivity index (χ1) is 10.1. The molecule has 1 aliphatic heterocycles. The summed E-state index contributed by atoms with van der Waals surface area (Å²) >= 11 is 0. The summed E-state index contributed by atoms with van der Waals surface area (Å²) in [4.78, 5) is 25.8. The highest BCUT2D eigenvalue weighted by molar-refractivity contribution is 5.81. The number of rotatable bonds is 5. The van der Waals surface area contributed by atoms with Crippen LogP contribution in [-0.2, 0) is 14.3 Å². The lowest BCUT2D eigenvalue weighted by Gasteiger charge is -2.40. The molecule has 1 fully saturated rings. The number of hydrogen-bond acceptors (Lipinski definition) is 4. The van der Waals surface area contributed by atoms with E-state index < -0.39 is 0 Å². The van der Waals surface area contributed by atoms with Crippen molar-refractivity contribution in [1.82, 2.24) is 10.2 Å². The van der Waals surface area contributed by atoms with Gasteiger partial charge in [-0.15, -0.1) is 0 Å². The number of amides is 1. The van der Waals surface area contributed by atoms with E-state index in [9.17, 15) is 9.59 Å². The second-order valence-corrected chi connectivity index (χ2v) is 7.75. The maximum atomic E-state index is 12.2. The maximum Gasteiger partial charge on any atom is 0.306 e. The molecule has 1 rings (SSSR count). The molecule has 5 nitrogen and oxygen atoms in total. The van der Waals surface area contributed by atoms with Gasteiger partial charge in [0, 0.05) is 31.1 Å². The van der Waals surface area contributed by atoms with Crippen molar-refractivity contribution in [3.8, 4) is 0 Å². The van der Waals surface area contributed by atoms with E-state index in [4.69, 9.17) is 4.74 Å². The number of likely N-dealkylation sites (tertiary alicyclic amines) is 1. The highest BCUT2D eigenvalue weighted by atomic mass is 16.5. The largest absolute Gasteiger partial charge is 0.469 e. The number of carbonyl (C=O) groups excluding carboxylic acids is 2. The summed E-state index contributed by atoms with van der Waals surface area (Å²) in [6.45, 7) is 12.7. The molecule has 0 aliphatic carbocycles. The van der Waals surface area contributed by atoms with Crippen LogP contribution in [0.25, 0.3) is 0 Å². The van der Waals surface area contributed by atoms with Crippen LogP contribution in [0.5, 0.6) is 0 Å². The molecular formula is C17H32N2O3. The van der Waals surface area contributed by atoms with Crippen LogP contribution in [0.1, 0.15) is 47.5 Å². The van der Waals surface area contributed by atoms with Gasteiger partial charge in [0.05, 0.1) is 13.5 Å². The summed E-state index contributed by atoms with van der Waals surface area (Å²) in [6.07, 6.45) is 1.41. The van der Waals surface area contributed by atoms with Crippen molar-refractivity contribution in [3.05, 3.63) is 0 Å². The van der Waals surface area contributed by atoms with Gasteiger partial charge in [0.25, 0.3) is 0 Å². The van der Waals surface area contributed by atoms with Crippen LogP contribution in [0.4, 0.5) is 0 Å². The Bertz CT molecular complexity index is 388. The van der Waals surface area contributed by atoms with Gasteiger partial charge in [0.15, 0.2) is 0 Å². The summed E-state index contributed by atoms with van der Waals surface area (Å²) in [6, 6.07) is 0.158. The van der Waals surface area contributed by atoms with Gasteiger partial charge >= 0.3 is 5.97 Å². The van der Waals surface area contributed by atoms with Crippen LogP contribution >= 0.6 is 0 Å². The van der Waals surface area contributed by atoms with Crippen molar-refractivity contribution in [2.24, 2.45) is 17.3 Å². The van der Waals surface area contributed by atoms with Crippen LogP contribution in [0.3, 0.4) is 0 Å². The molecule has 1 amide bonds. The predicted molar refractivity (Wildman–Crippen MR) is 87.4 cm³/mol. The number of esters is 1. The molecule has 0 saturated carbocycles. The molecule has 1 heterocycles. The Kier molecular flexibility index (Phi) is 6.85. The molecule has 0 aromatic rings. The fourth-order valence-electron chi connectivity index (χ4n) is 2.76. The third-order valence-electron chi connectivity index (χ3n) is 4.38. The molecule has 1 saturated heterocycles. The maximum absolute atomic E-state index is 12.2. The minimum atomic E-state index is -0.373. The molecular weight excluding hydrogens is 280 g/mol. The second-order valence-electron chi connectivity index (χ2n) is 7.75. The van der Waals surface area contributed by atoms with E-state index in [-0.39, 0.29) is 23.3 Å². The Balaban J connectivity index is 2.64. The van der Waals surface area contributed by atoms with Crippen LogP contribution in [-0.4, -0.2) is 49.6 Å². The fraction of sp³-hybridized carbons (Fsp3) is 0.882. The van der Waals surface area contributed by atoms with Crippen LogP contribution in [0, 0.1) is 17.3 Å². The van der Waals surface area contributed by atoms with Gasteiger partial charge in [0.1, 0.15) is 0 Å². The first-order valence-electron chi connectivity index (χ1n) is 8.23. The number of piperidine rings is 1. The minimum absolute atomic E-state index is 0.0924. The standard InChI is InChI=1S/C17H32N2O3/c1-12(2)13-9-14(18-16(21)17(3,4)5)11-19(10-13)8-7-15(20)22-6/h12-14H,7-11H2,1-6H3,(H,18,21). The smallest absolute Gasteiger partial charge is 0.306 e. The van der Waals surface area contributed by atoms with Crippen molar-refractivity contribution in [2.45, 2.75) is 53.5 Å². The number of methoxy groups -OCH3 is 1. The molecule has 0 bridgehead atoms. The van der Waals surface area contributed by atoms with Gasteiger partial charge < -0.3 is 15.0 Å². The second kappa shape index (κ2) is 7.95. The van der Waals surface area contributed by atoms with Crippen LogP contribution in [0.15, 0.2) is 0 Å². The van der Waals surface area contributed by atoms with E-state index >= 15 is 0 Å². The molecule has 0 spiro atoms. The van der Waals surface area contributed by atoms with Gasteiger partial charge in [-0.1, -0.05) is 34.6 Å². The lowest BCUT2D eigenvalue weighted by molar-refractivity contribution is -0.141. The van der Waals surface area contributed by atoms with Crippen LogP contribution in [0.2, 0.25) is 0 Å². The molecule has 0 aromatic heterocycles.